The predicted molar refractivity (Wildman–Crippen MR) is 68.5 cm³/mol. The Morgan fingerprint density at radius 1 is 1.11 bits per heavy atom. The first-order chi connectivity index (χ1) is 8.52. The Labute approximate surface area is 108 Å². The van der Waals surface area contributed by atoms with Crippen LogP contribution in [0.5, 0.6) is 0 Å². The molecule has 0 aromatic heterocycles. The van der Waals surface area contributed by atoms with E-state index in [9.17, 15) is 9.59 Å². The third-order valence-corrected chi connectivity index (χ3v) is 2.57. The Morgan fingerprint density at radius 2 is 1.78 bits per heavy atom. The summed E-state index contributed by atoms with van der Waals surface area (Å²) in [6, 6.07) is -0.247. The number of carboxylic acids is 1. The van der Waals surface area contributed by atoms with Crippen LogP contribution in [0, 0.1) is 0 Å². The molecule has 18 heavy (non-hydrogen) atoms. The number of aliphatic hydroxyl groups excluding tert-OH is 1. The van der Waals surface area contributed by atoms with Gasteiger partial charge in [0.05, 0.1) is 0 Å². The summed E-state index contributed by atoms with van der Waals surface area (Å²) in [5, 5.41) is 17.4. The summed E-state index contributed by atoms with van der Waals surface area (Å²) in [4.78, 5) is 25.5. The molecule has 0 aliphatic rings. The Balaban J connectivity index is 4.15. The van der Waals surface area contributed by atoms with Gasteiger partial charge in [0.25, 0.3) is 0 Å². The largest absolute Gasteiger partial charge is 0.480 e. The van der Waals surface area contributed by atoms with Crippen molar-refractivity contribution in [3.05, 3.63) is 0 Å². The van der Waals surface area contributed by atoms with Crippen molar-refractivity contribution in [1.82, 2.24) is 9.80 Å². The minimum atomic E-state index is -0.995. The van der Waals surface area contributed by atoms with Gasteiger partial charge in [0, 0.05) is 26.7 Å². The van der Waals surface area contributed by atoms with Crippen LogP contribution in [0.25, 0.3) is 0 Å². The zero-order chi connectivity index (χ0) is 14.0. The summed E-state index contributed by atoms with van der Waals surface area (Å²) < 4.78 is 0. The van der Waals surface area contributed by atoms with E-state index in [-0.39, 0.29) is 19.2 Å². The summed E-state index contributed by atoms with van der Waals surface area (Å²) in [6.07, 6.45) is 3.14. The summed E-state index contributed by atoms with van der Waals surface area (Å²) >= 11 is 0. The van der Waals surface area contributed by atoms with E-state index in [2.05, 4.69) is 0 Å². The van der Waals surface area contributed by atoms with Crippen LogP contribution in [-0.4, -0.2) is 65.3 Å². The van der Waals surface area contributed by atoms with Crippen molar-refractivity contribution in [2.45, 2.75) is 32.6 Å². The van der Waals surface area contributed by atoms with Crippen LogP contribution in [0.4, 0.5) is 4.79 Å². The van der Waals surface area contributed by atoms with Crippen molar-refractivity contribution >= 4 is 12.0 Å². The normalized spacial score (nSPS) is 10.2. The third kappa shape index (κ3) is 7.11. The van der Waals surface area contributed by atoms with Crippen molar-refractivity contribution < 1.29 is 19.8 Å². The van der Waals surface area contributed by atoms with Crippen LogP contribution in [0.2, 0.25) is 0 Å². The first kappa shape index (κ1) is 16.7. The molecule has 0 aliphatic carbocycles. The van der Waals surface area contributed by atoms with Crippen molar-refractivity contribution in [2.24, 2.45) is 0 Å². The highest BCUT2D eigenvalue weighted by Gasteiger charge is 2.19. The van der Waals surface area contributed by atoms with Gasteiger partial charge < -0.3 is 20.0 Å². The molecule has 0 atom stereocenters. The number of hydrogen-bond acceptors (Lipinski definition) is 3. The van der Waals surface area contributed by atoms with Crippen molar-refractivity contribution in [2.75, 3.05) is 33.3 Å². The topological polar surface area (TPSA) is 81.1 Å². The molecule has 0 heterocycles. The van der Waals surface area contributed by atoms with Gasteiger partial charge >= 0.3 is 12.0 Å². The number of carbonyl (C=O) groups is 2. The highest BCUT2D eigenvalue weighted by molar-refractivity contribution is 5.80. The monoisotopic (exact) mass is 260 g/mol. The van der Waals surface area contributed by atoms with Crippen molar-refractivity contribution in [1.29, 1.82) is 0 Å². The van der Waals surface area contributed by atoms with Crippen LogP contribution in [0.3, 0.4) is 0 Å². The van der Waals surface area contributed by atoms with E-state index in [0.29, 0.717) is 13.1 Å². The van der Waals surface area contributed by atoms with Crippen LogP contribution >= 0.6 is 0 Å². The third-order valence-electron chi connectivity index (χ3n) is 2.57. The first-order valence-corrected chi connectivity index (χ1v) is 6.35. The molecule has 106 valence electrons. The smallest absolute Gasteiger partial charge is 0.323 e. The quantitative estimate of drug-likeness (QED) is 0.606. The predicted octanol–water partition coefficient (Wildman–Crippen LogP) is 0.997. The van der Waals surface area contributed by atoms with Crippen molar-refractivity contribution in [3.63, 3.8) is 0 Å². The van der Waals surface area contributed by atoms with E-state index in [4.69, 9.17) is 10.2 Å². The number of nitrogens with zero attached hydrogens (tertiary/aromatic N) is 2. The van der Waals surface area contributed by atoms with Gasteiger partial charge in [0.2, 0.25) is 0 Å². The second kappa shape index (κ2) is 9.70. The van der Waals surface area contributed by atoms with E-state index in [1.165, 1.54) is 9.80 Å². The lowest BCUT2D eigenvalue weighted by atomic mass is 10.2. The first-order valence-electron chi connectivity index (χ1n) is 6.35. The average molecular weight is 260 g/mol. The second-order valence-electron chi connectivity index (χ2n) is 4.30. The fourth-order valence-corrected chi connectivity index (χ4v) is 1.65. The molecule has 2 amide bonds. The van der Waals surface area contributed by atoms with Gasteiger partial charge in [-0.1, -0.05) is 6.92 Å². The van der Waals surface area contributed by atoms with Gasteiger partial charge in [0.1, 0.15) is 6.54 Å². The maximum atomic E-state index is 12.0. The van der Waals surface area contributed by atoms with E-state index < -0.39 is 5.97 Å². The molecule has 0 aromatic carbocycles. The lowest BCUT2D eigenvalue weighted by Gasteiger charge is -2.26. The number of carbonyl (C=O) groups excluding carboxylic acids is 1. The molecule has 0 aliphatic heterocycles. The van der Waals surface area contributed by atoms with Crippen LogP contribution in [0.15, 0.2) is 0 Å². The molecule has 0 radical (unpaired) electrons. The second-order valence-corrected chi connectivity index (χ2v) is 4.30. The Hall–Kier alpha value is -1.30. The molecule has 6 nitrogen and oxygen atoms in total. The van der Waals surface area contributed by atoms with Gasteiger partial charge in [-0.3, -0.25) is 4.79 Å². The summed E-state index contributed by atoms with van der Waals surface area (Å²) in [5.74, 6) is -0.995. The Morgan fingerprint density at radius 3 is 2.28 bits per heavy atom. The molecule has 0 aromatic rings. The van der Waals surface area contributed by atoms with Crippen LogP contribution in [0.1, 0.15) is 32.6 Å². The molecular weight excluding hydrogens is 236 g/mol. The maximum Gasteiger partial charge on any atom is 0.323 e. The van der Waals surface area contributed by atoms with Crippen LogP contribution < -0.4 is 0 Å². The molecule has 0 unspecified atom stereocenters. The zero-order valence-corrected chi connectivity index (χ0v) is 11.3. The van der Waals surface area contributed by atoms with Gasteiger partial charge in [-0.05, 0) is 25.7 Å². The fraction of sp³-hybridized carbons (Fsp3) is 0.833. The molecule has 0 saturated carbocycles. The lowest BCUT2D eigenvalue weighted by molar-refractivity contribution is -0.137. The molecule has 0 saturated heterocycles. The lowest BCUT2D eigenvalue weighted by Crippen LogP contribution is -2.44. The van der Waals surface area contributed by atoms with Gasteiger partial charge in [-0.25, -0.2) is 4.79 Å². The fourth-order valence-electron chi connectivity index (χ4n) is 1.65. The molecule has 0 rings (SSSR count). The summed E-state index contributed by atoms with van der Waals surface area (Å²) in [6.45, 7) is 2.85. The molecule has 2 N–H and O–H groups in total. The minimum Gasteiger partial charge on any atom is -0.480 e. The zero-order valence-electron chi connectivity index (χ0n) is 11.3. The minimum absolute atomic E-state index is 0.165. The number of aliphatic carboxylic acids is 1. The number of unbranched alkanes of at least 4 members (excludes halogenated alkanes) is 2. The van der Waals surface area contributed by atoms with E-state index in [0.717, 1.165) is 25.7 Å². The highest BCUT2D eigenvalue weighted by Crippen LogP contribution is 2.02. The maximum absolute atomic E-state index is 12.0. The number of rotatable bonds is 9. The van der Waals surface area contributed by atoms with E-state index in [1.54, 1.807) is 7.05 Å². The van der Waals surface area contributed by atoms with Crippen LogP contribution in [-0.2, 0) is 4.79 Å². The molecule has 0 fully saturated rings. The van der Waals surface area contributed by atoms with Gasteiger partial charge in [0.15, 0.2) is 0 Å². The average Bonchev–Trinajstić information content (AvgIpc) is 2.32. The Bertz CT molecular complexity index is 258. The summed E-state index contributed by atoms with van der Waals surface area (Å²) in [5.41, 5.74) is 0. The number of urea groups is 1. The van der Waals surface area contributed by atoms with Gasteiger partial charge in [-0.2, -0.15) is 0 Å². The molecule has 0 spiro atoms. The van der Waals surface area contributed by atoms with Crippen molar-refractivity contribution in [3.8, 4) is 0 Å². The van der Waals surface area contributed by atoms with E-state index in [1.807, 2.05) is 6.92 Å². The van der Waals surface area contributed by atoms with E-state index >= 15 is 0 Å². The Kier molecular flexibility index (Phi) is 9.00. The number of carboxylic acid groups (broad SMARTS) is 1. The SMILES string of the molecule is CCCN(CC(=O)O)C(=O)N(C)CCCCCO. The summed E-state index contributed by atoms with van der Waals surface area (Å²) in [7, 11) is 1.67. The molecular formula is C12H24N2O4. The number of aliphatic hydroxyl groups is 1. The number of amides is 2. The molecule has 0 bridgehead atoms. The molecule has 6 heteroatoms. The highest BCUT2D eigenvalue weighted by atomic mass is 16.4. The standard InChI is InChI=1S/C12H24N2O4/c1-3-7-14(10-11(16)17)12(18)13(2)8-5-4-6-9-15/h15H,3-10H2,1-2H3,(H,16,17). The van der Waals surface area contributed by atoms with Gasteiger partial charge in [-0.15, -0.1) is 0 Å². The number of hydrogen-bond donors (Lipinski definition) is 2.